The quantitative estimate of drug-likeness (QED) is 0.576. The van der Waals surface area contributed by atoms with Gasteiger partial charge in [-0.1, -0.05) is 36.4 Å². The van der Waals surface area contributed by atoms with E-state index >= 15 is 0 Å². The van der Waals surface area contributed by atoms with Gasteiger partial charge in [-0.15, -0.1) is 11.3 Å². The minimum atomic E-state index is -0.732. The number of fused-ring (bicyclic) bond motifs is 2. The number of hydrogen-bond acceptors (Lipinski definition) is 3. The summed E-state index contributed by atoms with van der Waals surface area (Å²) in [5.41, 5.74) is 1.71. The van der Waals surface area contributed by atoms with Gasteiger partial charge in [0.05, 0.1) is 0 Å². The Morgan fingerprint density at radius 1 is 0.950 bits per heavy atom. The summed E-state index contributed by atoms with van der Waals surface area (Å²) in [5.74, 6) is 0.590. The van der Waals surface area contributed by atoms with Crippen molar-refractivity contribution in [2.24, 2.45) is 0 Å². The van der Waals surface area contributed by atoms with E-state index in [2.05, 4.69) is 12.1 Å². The van der Waals surface area contributed by atoms with Crippen molar-refractivity contribution in [2.45, 2.75) is 6.10 Å². The normalized spacial score (nSPS) is 13.1. The molecule has 2 nitrogen and oxygen atoms in total. The second kappa shape index (κ2) is 4.47. The first-order valence-corrected chi connectivity index (χ1v) is 7.33. The van der Waals surface area contributed by atoms with E-state index < -0.39 is 6.10 Å². The van der Waals surface area contributed by atoms with Gasteiger partial charge in [0.1, 0.15) is 17.4 Å². The number of rotatable bonds is 2. The van der Waals surface area contributed by atoms with Gasteiger partial charge in [-0.2, -0.15) is 0 Å². The molecule has 0 saturated heterocycles. The van der Waals surface area contributed by atoms with Crippen LogP contribution in [0.3, 0.4) is 0 Å². The van der Waals surface area contributed by atoms with E-state index in [0.717, 1.165) is 26.6 Å². The van der Waals surface area contributed by atoms with Crippen LogP contribution in [0.4, 0.5) is 0 Å². The fraction of sp³-hybridized carbons (Fsp3) is 0.0588. The van der Waals surface area contributed by atoms with E-state index in [1.807, 2.05) is 47.8 Å². The zero-order chi connectivity index (χ0) is 13.5. The topological polar surface area (TPSA) is 33.4 Å². The summed E-state index contributed by atoms with van der Waals surface area (Å²) in [4.78, 5) is 0. The Hall–Kier alpha value is -2.10. The van der Waals surface area contributed by atoms with Crippen LogP contribution in [0.2, 0.25) is 0 Å². The molecular formula is C17H12O2S. The Balaban J connectivity index is 1.87. The van der Waals surface area contributed by atoms with Gasteiger partial charge in [0.2, 0.25) is 0 Å². The molecule has 2 aromatic heterocycles. The number of aliphatic hydroxyl groups excluding tert-OH is 1. The van der Waals surface area contributed by atoms with E-state index in [-0.39, 0.29) is 0 Å². The minimum Gasteiger partial charge on any atom is -0.458 e. The summed E-state index contributed by atoms with van der Waals surface area (Å²) in [6, 6.07) is 17.8. The summed E-state index contributed by atoms with van der Waals surface area (Å²) >= 11 is 1.64. The van der Waals surface area contributed by atoms with Crippen molar-refractivity contribution >= 4 is 32.4 Å². The van der Waals surface area contributed by atoms with Crippen LogP contribution in [0, 0.1) is 0 Å². The van der Waals surface area contributed by atoms with Crippen LogP contribution < -0.4 is 0 Å². The third kappa shape index (κ3) is 1.75. The SMILES string of the molecule is OC(c1cc2ccccc2o1)c1cccc2ccsc12. The van der Waals surface area contributed by atoms with Gasteiger partial charge in [0, 0.05) is 15.6 Å². The molecular weight excluding hydrogens is 268 g/mol. The molecule has 2 heterocycles. The summed E-state index contributed by atoms with van der Waals surface area (Å²) < 4.78 is 6.88. The molecule has 0 radical (unpaired) electrons. The summed E-state index contributed by atoms with van der Waals surface area (Å²) in [6.45, 7) is 0. The van der Waals surface area contributed by atoms with Crippen molar-refractivity contribution in [1.29, 1.82) is 0 Å². The van der Waals surface area contributed by atoms with Crippen LogP contribution >= 0.6 is 11.3 Å². The van der Waals surface area contributed by atoms with Gasteiger partial charge in [0.25, 0.3) is 0 Å². The number of thiophene rings is 1. The van der Waals surface area contributed by atoms with Crippen LogP contribution in [0.25, 0.3) is 21.1 Å². The van der Waals surface area contributed by atoms with Crippen molar-refractivity contribution in [3.63, 3.8) is 0 Å². The van der Waals surface area contributed by atoms with Gasteiger partial charge in [-0.05, 0) is 29.0 Å². The molecule has 3 heteroatoms. The van der Waals surface area contributed by atoms with Crippen molar-refractivity contribution in [3.8, 4) is 0 Å². The number of hydrogen-bond donors (Lipinski definition) is 1. The molecule has 0 spiro atoms. The average Bonchev–Trinajstić information content (AvgIpc) is 3.12. The molecule has 0 aliphatic rings. The van der Waals surface area contributed by atoms with E-state index in [0.29, 0.717) is 5.76 Å². The Kier molecular flexibility index (Phi) is 2.62. The van der Waals surface area contributed by atoms with Crippen LogP contribution in [-0.2, 0) is 0 Å². The minimum absolute atomic E-state index is 0.590. The molecule has 2 aromatic carbocycles. The Morgan fingerprint density at radius 3 is 2.70 bits per heavy atom. The number of aliphatic hydroxyl groups is 1. The zero-order valence-electron chi connectivity index (χ0n) is 10.6. The smallest absolute Gasteiger partial charge is 0.138 e. The third-order valence-electron chi connectivity index (χ3n) is 3.52. The lowest BCUT2D eigenvalue weighted by Gasteiger charge is -2.09. The van der Waals surface area contributed by atoms with Crippen molar-refractivity contribution in [3.05, 3.63) is 71.3 Å². The zero-order valence-corrected chi connectivity index (χ0v) is 11.4. The highest BCUT2D eigenvalue weighted by Gasteiger charge is 2.18. The Bertz CT molecular complexity index is 855. The second-order valence-electron chi connectivity index (χ2n) is 4.78. The molecule has 0 fully saturated rings. The van der Waals surface area contributed by atoms with E-state index in [9.17, 15) is 5.11 Å². The summed E-state index contributed by atoms with van der Waals surface area (Å²) in [5, 5.41) is 14.8. The van der Waals surface area contributed by atoms with E-state index in [4.69, 9.17) is 4.42 Å². The van der Waals surface area contributed by atoms with Crippen molar-refractivity contribution in [2.75, 3.05) is 0 Å². The molecule has 0 aliphatic carbocycles. The van der Waals surface area contributed by atoms with Crippen molar-refractivity contribution in [1.82, 2.24) is 0 Å². The highest BCUT2D eigenvalue weighted by molar-refractivity contribution is 7.17. The van der Waals surface area contributed by atoms with Gasteiger partial charge in [-0.3, -0.25) is 0 Å². The van der Waals surface area contributed by atoms with Crippen molar-refractivity contribution < 1.29 is 9.52 Å². The summed E-state index contributed by atoms with van der Waals surface area (Å²) in [6.07, 6.45) is -0.732. The molecule has 4 rings (SSSR count). The van der Waals surface area contributed by atoms with Crippen LogP contribution in [0.5, 0.6) is 0 Å². The highest BCUT2D eigenvalue weighted by atomic mass is 32.1. The first kappa shape index (κ1) is 11.7. The number of furan rings is 1. The molecule has 0 aliphatic heterocycles. The van der Waals surface area contributed by atoms with Crippen LogP contribution in [-0.4, -0.2) is 5.11 Å². The molecule has 0 saturated carbocycles. The van der Waals surface area contributed by atoms with Gasteiger partial charge in [-0.25, -0.2) is 0 Å². The molecule has 1 N–H and O–H groups in total. The molecule has 98 valence electrons. The van der Waals surface area contributed by atoms with Crippen LogP contribution in [0.15, 0.2) is 64.4 Å². The molecule has 4 aromatic rings. The Morgan fingerprint density at radius 2 is 1.80 bits per heavy atom. The molecule has 1 unspecified atom stereocenters. The predicted molar refractivity (Wildman–Crippen MR) is 82.1 cm³/mol. The lowest BCUT2D eigenvalue weighted by atomic mass is 10.1. The first-order chi connectivity index (χ1) is 9.83. The van der Waals surface area contributed by atoms with Gasteiger partial charge >= 0.3 is 0 Å². The van der Waals surface area contributed by atoms with Crippen LogP contribution in [0.1, 0.15) is 17.4 Å². The first-order valence-electron chi connectivity index (χ1n) is 6.45. The van der Waals surface area contributed by atoms with E-state index in [1.165, 1.54) is 0 Å². The Labute approximate surface area is 119 Å². The summed E-state index contributed by atoms with van der Waals surface area (Å²) in [7, 11) is 0. The third-order valence-corrected chi connectivity index (χ3v) is 4.50. The lowest BCUT2D eigenvalue weighted by Crippen LogP contribution is -1.97. The number of para-hydroxylation sites is 1. The monoisotopic (exact) mass is 280 g/mol. The lowest BCUT2D eigenvalue weighted by molar-refractivity contribution is 0.194. The fourth-order valence-corrected chi connectivity index (χ4v) is 3.46. The maximum absolute atomic E-state index is 10.6. The molecule has 0 bridgehead atoms. The molecule has 0 amide bonds. The molecule has 1 atom stereocenters. The molecule has 20 heavy (non-hydrogen) atoms. The van der Waals surface area contributed by atoms with Gasteiger partial charge < -0.3 is 9.52 Å². The standard InChI is InChI=1S/C17H12O2S/c18-16(13-6-3-5-11-8-9-20-17(11)13)15-10-12-4-1-2-7-14(12)19-15/h1-10,16,18H. The van der Waals surface area contributed by atoms with E-state index in [1.54, 1.807) is 11.3 Å². The predicted octanol–water partition coefficient (Wildman–Crippen LogP) is 4.73. The maximum Gasteiger partial charge on any atom is 0.138 e. The highest BCUT2D eigenvalue weighted by Crippen LogP contribution is 2.34. The fourth-order valence-electron chi connectivity index (χ4n) is 2.52. The van der Waals surface area contributed by atoms with Gasteiger partial charge in [0.15, 0.2) is 0 Å². The largest absolute Gasteiger partial charge is 0.458 e. The number of benzene rings is 2. The average molecular weight is 280 g/mol. The maximum atomic E-state index is 10.6. The second-order valence-corrected chi connectivity index (χ2v) is 5.69.